The molecule has 3 aromatic rings. The van der Waals surface area contributed by atoms with Crippen LogP contribution in [0.1, 0.15) is 68.2 Å². The van der Waals surface area contributed by atoms with Crippen LogP contribution in [0.4, 0.5) is 8.78 Å². The molecule has 0 aliphatic carbocycles. The summed E-state index contributed by atoms with van der Waals surface area (Å²) in [4.78, 5) is 42.1. The third-order valence-electron chi connectivity index (χ3n) is 4.95. The van der Waals surface area contributed by atoms with Crippen LogP contribution in [-0.4, -0.2) is 47.6 Å². The number of ketones is 1. The van der Waals surface area contributed by atoms with E-state index in [0.29, 0.717) is 28.9 Å². The minimum Gasteiger partial charge on any atom is -0.491 e. The van der Waals surface area contributed by atoms with E-state index >= 15 is 0 Å². The first-order valence-electron chi connectivity index (χ1n) is 12.5. The van der Waals surface area contributed by atoms with E-state index in [1.807, 2.05) is 27.7 Å². The maximum atomic E-state index is 14.0. The minimum absolute atomic E-state index is 0.0000117. The zero-order chi connectivity index (χ0) is 30.4. The van der Waals surface area contributed by atoms with E-state index in [4.69, 9.17) is 9.47 Å². The van der Waals surface area contributed by atoms with Crippen LogP contribution < -0.4 is 15.0 Å². The summed E-state index contributed by atoms with van der Waals surface area (Å²) in [5.41, 5.74) is 1.60. The molecule has 9 nitrogen and oxygen atoms in total. The lowest BCUT2D eigenvalue weighted by atomic mass is 10.1. The van der Waals surface area contributed by atoms with E-state index in [2.05, 4.69) is 14.9 Å². The summed E-state index contributed by atoms with van der Waals surface area (Å²) in [5.74, 6) is -0.616. The Morgan fingerprint density at radius 1 is 0.925 bits per heavy atom. The third kappa shape index (κ3) is 12.1. The number of methoxy groups -OCH3 is 1. The number of esters is 1. The molecule has 0 unspecified atom stereocenters. The van der Waals surface area contributed by atoms with Gasteiger partial charge in [0.05, 0.1) is 24.9 Å². The van der Waals surface area contributed by atoms with Crippen LogP contribution in [-0.2, 0) is 20.7 Å². The predicted molar refractivity (Wildman–Crippen MR) is 146 cm³/mol. The second-order valence-corrected chi connectivity index (χ2v) is 9.20. The van der Waals surface area contributed by atoms with Crippen LogP contribution in [0, 0.1) is 18.6 Å². The first-order valence-corrected chi connectivity index (χ1v) is 12.5. The quantitative estimate of drug-likeness (QED) is 0.211. The van der Waals surface area contributed by atoms with E-state index in [1.165, 1.54) is 32.2 Å². The predicted octanol–water partition coefficient (Wildman–Crippen LogP) is 5.09. The van der Waals surface area contributed by atoms with Gasteiger partial charge in [-0.05, 0) is 65.3 Å². The van der Waals surface area contributed by atoms with Gasteiger partial charge in [0.1, 0.15) is 35.3 Å². The molecule has 2 N–H and O–H groups in total. The van der Waals surface area contributed by atoms with Gasteiger partial charge in [0.15, 0.2) is 6.29 Å². The standard InChI is InChI=1S/C14H17FN2O2.C10H11FO2.C5H8O3/c1-8(2)19-11-5-4-10(13(15)7-11)6-12-9(3)16-17-14(12)18;1-7(2)13-9-4-3-8(6-12)10(11)5-9;1-4(6)3-5(7)8-2/h4-5,7-8H,6H2,1-3H3,(H2,16,17,18);3-7H,1-2H3;3H2,1-2H3. The average molecular weight is 563 g/mol. The Morgan fingerprint density at radius 2 is 1.48 bits per heavy atom. The van der Waals surface area contributed by atoms with Gasteiger partial charge in [-0.3, -0.25) is 24.3 Å². The summed E-state index contributed by atoms with van der Waals surface area (Å²) >= 11 is 0. The van der Waals surface area contributed by atoms with Crippen molar-refractivity contribution in [2.24, 2.45) is 0 Å². The van der Waals surface area contributed by atoms with Crippen molar-refractivity contribution in [1.29, 1.82) is 0 Å². The van der Waals surface area contributed by atoms with Gasteiger partial charge < -0.3 is 19.3 Å². The Balaban J connectivity index is 0.000000331. The SMILES string of the molecule is CC(C)Oc1ccc(C=O)c(F)c1.COC(=O)CC(C)=O.Cc1[nH][nH]c(=O)c1Cc1ccc(OC(C)C)cc1F. The number of aldehydes is 1. The van der Waals surface area contributed by atoms with E-state index in [9.17, 15) is 28.0 Å². The molecule has 0 aliphatic rings. The maximum absolute atomic E-state index is 14.0. The van der Waals surface area contributed by atoms with Crippen LogP contribution in [0.15, 0.2) is 41.2 Å². The highest BCUT2D eigenvalue weighted by atomic mass is 19.1. The topological polar surface area (TPSA) is 128 Å². The molecule has 0 atom stereocenters. The van der Waals surface area contributed by atoms with Crippen molar-refractivity contribution in [1.82, 2.24) is 10.2 Å². The molecular weight excluding hydrogens is 526 g/mol. The highest BCUT2D eigenvalue weighted by molar-refractivity contribution is 5.93. The molecule has 2 aromatic carbocycles. The molecule has 218 valence electrons. The molecule has 1 aromatic heterocycles. The third-order valence-corrected chi connectivity index (χ3v) is 4.95. The Kier molecular flexibility index (Phi) is 14.0. The van der Waals surface area contributed by atoms with E-state index < -0.39 is 11.8 Å². The zero-order valence-corrected chi connectivity index (χ0v) is 23.7. The first kappa shape index (κ1) is 33.7. The van der Waals surface area contributed by atoms with Gasteiger partial charge in [0, 0.05) is 29.8 Å². The van der Waals surface area contributed by atoms with Crippen molar-refractivity contribution < 1.29 is 37.4 Å². The van der Waals surface area contributed by atoms with Crippen molar-refractivity contribution in [2.75, 3.05) is 7.11 Å². The molecule has 11 heteroatoms. The van der Waals surface area contributed by atoms with Gasteiger partial charge in [-0.1, -0.05) is 6.07 Å². The van der Waals surface area contributed by atoms with Crippen molar-refractivity contribution in [3.63, 3.8) is 0 Å². The number of ether oxygens (including phenoxy) is 3. The van der Waals surface area contributed by atoms with Crippen LogP contribution >= 0.6 is 0 Å². The number of aromatic nitrogens is 2. The van der Waals surface area contributed by atoms with Crippen LogP contribution in [0.3, 0.4) is 0 Å². The lowest BCUT2D eigenvalue weighted by molar-refractivity contribution is -0.142. The molecule has 3 rings (SSSR count). The summed E-state index contributed by atoms with van der Waals surface area (Å²) in [6.07, 6.45) is 0.630. The fourth-order valence-corrected chi connectivity index (χ4v) is 3.12. The number of aromatic amines is 2. The molecule has 0 aliphatic heterocycles. The summed E-state index contributed by atoms with van der Waals surface area (Å²) in [6, 6.07) is 8.91. The summed E-state index contributed by atoms with van der Waals surface area (Å²) in [6.45, 7) is 10.6. The first-order chi connectivity index (χ1) is 18.8. The van der Waals surface area contributed by atoms with Gasteiger partial charge in [-0.2, -0.15) is 0 Å². The van der Waals surface area contributed by atoms with E-state index in [-0.39, 0.29) is 47.8 Å². The molecule has 40 heavy (non-hydrogen) atoms. The van der Waals surface area contributed by atoms with Crippen LogP contribution in [0.2, 0.25) is 0 Å². The second kappa shape index (κ2) is 16.6. The molecule has 0 bridgehead atoms. The number of aryl methyl sites for hydroxylation is 1. The molecule has 0 fully saturated rings. The molecular formula is C29H36F2N2O7. The number of hydrogen-bond donors (Lipinski definition) is 2. The van der Waals surface area contributed by atoms with Crippen LogP contribution in [0.25, 0.3) is 0 Å². The second-order valence-electron chi connectivity index (χ2n) is 9.20. The Labute approximate surface area is 231 Å². The van der Waals surface area contributed by atoms with E-state index in [0.717, 1.165) is 5.69 Å². The molecule has 0 amide bonds. The minimum atomic E-state index is -0.548. The number of Topliss-reactive ketones (excluding diaryl/α,β-unsaturated/α-hetero) is 1. The molecule has 0 saturated carbocycles. The van der Waals surface area contributed by atoms with Gasteiger partial charge in [0.25, 0.3) is 5.56 Å². The number of halogens is 2. The van der Waals surface area contributed by atoms with Gasteiger partial charge in [-0.15, -0.1) is 0 Å². The molecule has 0 spiro atoms. The lowest BCUT2D eigenvalue weighted by Crippen LogP contribution is -2.09. The number of nitrogens with one attached hydrogen (secondary N) is 2. The number of benzene rings is 2. The number of carbonyl (C=O) groups is 3. The van der Waals surface area contributed by atoms with Crippen molar-refractivity contribution >= 4 is 18.0 Å². The Morgan fingerprint density at radius 3 is 1.85 bits per heavy atom. The lowest BCUT2D eigenvalue weighted by Gasteiger charge is -2.10. The smallest absolute Gasteiger partial charge is 0.313 e. The van der Waals surface area contributed by atoms with Gasteiger partial charge in [0.2, 0.25) is 0 Å². The van der Waals surface area contributed by atoms with E-state index in [1.54, 1.807) is 25.1 Å². The monoisotopic (exact) mass is 562 g/mol. The summed E-state index contributed by atoms with van der Waals surface area (Å²) < 4.78 is 41.8. The van der Waals surface area contributed by atoms with Gasteiger partial charge >= 0.3 is 5.97 Å². The number of rotatable bonds is 9. The Hall–Kier alpha value is -4.28. The fourth-order valence-electron chi connectivity index (χ4n) is 3.12. The average Bonchev–Trinajstić information content (AvgIpc) is 3.17. The summed E-state index contributed by atoms with van der Waals surface area (Å²) in [7, 11) is 1.26. The number of carbonyl (C=O) groups excluding carboxylic acids is 3. The maximum Gasteiger partial charge on any atom is 0.313 e. The fraction of sp³-hybridized carbons (Fsp3) is 0.379. The molecule has 1 heterocycles. The molecule has 0 saturated heterocycles. The van der Waals surface area contributed by atoms with Crippen molar-refractivity contribution in [3.05, 3.63) is 80.8 Å². The highest BCUT2D eigenvalue weighted by Gasteiger charge is 2.11. The highest BCUT2D eigenvalue weighted by Crippen LogP contribution is 2.20. The Bertz CT molecular complexity index is 1330. The normalized spacial score (nSPS) is 10.2. The zero-order valence-electron chi connectivity index (χ0n) is 23.7. The van der Waals surface area contributed by atoms with Crippen molar-refractivity contribution in [3.8, 4) is 11.5 Å². The van der Waals surface area contributed by atoms with Crippen molar-refractivity contribution in [2.45, 2.75) is 66.6 Å². The number of hydrogen-bond acceptors (Lipinski definition) is 7. The molecule has 0 radical (unpaired) electrons. The number of H-pyrrole nitrogens is 2. The largest absolute Gasteiger partial charge is 0.491 e. The van der Waals surface area contributed by atoms with Gasteiger partial charge in [-0.25, -0.2) is 8.78 Å². The summed E-state index contributed by atoms with van der Waals surface area (Å²) in [5, 5.41) is 5.22. The van der Waals surface area contributed by atoms with Crippen LogP contribution in [0.5, 0.6) is 11.5 Å².